The van der Waals surface area contributed by atoms with Gasteiger partial charge in [0, 0.05) is 18.4 Å². The number of carboxylic acid groups (broad SMARTS) is 1. The Balaban J connectivity index is 1.09. The number of hydrogen-bond acceptors (Lipinski definition) is 6. The van der Waals surface area contributed by atoms with Crippen LogP contribution in [0.15, 0.2) is 60.8 Å². The monoisotopic (exact) mass is 571 g/mol. The maximum Gasteiger partial charge on any atom is 0.335 e. The Labute approximate surface area is 244 Å². The molecule has 4 aromatic rings. The standard InChI is InChI=1S/C32H31ClN4O4/c33-23-6-8-27(34-17-23)29-9-5-21-2-1-3-25(31(21)41-29)20-10-13-36(14-11-20)19-30-35-26-7-4-22(32(38)39)16-28(26)37(30)18-24-12-15-40-24/h1-9,16-17,20,24,29H,10-15,18-19H2,(H,38,39)/t24-,29+/m0/s1/i29D. The van der Waals surface area contributed by atoms with Crippen molar-refractivity contribution in [3.05, 3.63) is 94.0 Å². The van der Waals surface area contributed by atoms with Gasteiger partial charge in [-0.25, -0.2) is 9.78 Å². The van der Waals surface area contributed by atoms with E-state index in [4.69, 9.17) is 27.4 Å². The number of benzene rings is 2. The van der Waals surface area contributed by atoms with Crippen molar-refractivity contribution in [2.75, 3.05) is 19.7 Å². The Morgan fingerprint density at radius 3 is 2.73 bits per heavy atom. The topological polar surface area (TPSA) is 89.7 Å². The summed E-state index contributed by atoms with van der Waals surface area (Å²) in [6.45, 7) is 3.89. The number of halogens is 1. The van der Waals surface area contributed by atoms with Gasteiger partial charge in [0.25, 0.3) is 0 Å². The molecule has 2 aromatic heterocycles. The van der Waals surface area contributed by atoms with E-state index in [9.17, 15) is 9.90 Å². The summed E-state index contributed by atoms with van der Waals surface area (Å²) in [5, 5.41) is 10.1. The number of aromatic nitrogens is 3. The highest BCUT2D eigenvalue weighted by molar-refractivity contribution is 6.30. The fourth-order valence-corrected chi connectivity index (χ4v) is 6.09. The number of rotatable bonds is 7. The zero-order chi connectivity index (χ0) is 28.8. The minimum absolute atomic E-state index is 0.130. The molecule has 2 fully saturated rings. The molecule has 0 unspecified atom stereocenters. The number of ether oxygens (including phenoxy) is 2. The highest BCUT2D eigenvalue weighted by atomic mass is 35.5. The van der Waals surface area contributed by atoms with Gasteiger partial charge in [-0.05, 0) is 80.2 Å². The van der Waals surface area contributed by atoms with Gasteiger partial charge < -0.3 is 19.1 Å². The molecule has 2 atom stereocenters. The Morgan fingerprint density at radius 2 is 2.00 bits per heavy atom. The van der Waals surface area contributed by atoms with Gasteiger partial charge >= 0.3 is 5.97 Å². The van der Waals surface area contributed by atoms with Gasteiger partial charge in [0.15, 0.2) is 6.08 Å². The number of fused-ring (bicyclic) bond motifs is 2. The number of nitrogens with zero attached hydrogens (tertiary/aromatic N) is 4. The van der Waals surface area contributed by atoms with Crippen LogP contribution < -0.4 is 4.74 Å². The lowest BCUT2D eigenvalue weighted by molar-refractivity contribution is -0.0592. The number of carbonyl (C=O) groups is 1. The van der Waals surface area contributed by atoms with Crippen molar-refractivity contribution in [1.29, 1.82) is 0 Å². The molecule has 0 bridgehead atoms. The van der Waals surface area contributed by atoms with Gasteiger partial charge in [-0.1, -0.05) is 35.9 Å². The molecule has 0 amide bonds. The van der Waals surface area contributed by atoms with E-state index >= 15 is 0 Å². The smallest absolute Gasteiger partial charge is 0.335 e. The first kappa shape index (κ1) is 25.0. The molecular formula is C32H31ClN4O4. The summed E-state index contributed by atoms with van der Waals surface area (Å²) in [6, 6.07) is 14.8. The maximum absolute atomic E-state index is 11.6. The first-order chi connectivity index (χ1) is 20.4. The fourth-order valence-electron chi connectivity index (χ4n) is 5.98. The average molecular weight is 572 g/mol. The van der Waals surface area contributed by atoms with Gasteiger partial charge in [0.05, 0.1) is 47.9 Å². The third-order valence-electron chi connectivity index (χ3n) is 8.33. The molecule has 2 saturated heterocycles. The van der Waals surface area contributed by atoms with Crippen LogP contribution in [0.1, 0.15) is 65.6 Å². The van der Waals surface area contributed by atoms with Crippen LogP contribution >= 0.6 is 11.6 Å². The summed E-state index contributed by atoms with van der Waals surface area (Å²) in [4.78, 5) is 23.3. The van der Waals surface area contributed by atoms with E-state index in [1.54, 1.807) is 42.6 Å². The molecule has 2 aromatic carbocycles. The van der Waals surface area contributed by atoms with E-state index < -0.39 is 12.0 Å². The maximum atomic E-state index is 11.6. The summed E-state index contributed by atoms with van der Waals surface area (Å²) in [5.41, 5.74) is 4.49. The Hall–Kier alpha value is -3.72. The normalized spacial score (nSPS) is 23.0. The molecule has 0 spiro atoms. The van der Waals surface area contributed by atoms with Crippen LogP contribution in [-0.4, -0.2) is 56.3 Å². The molecule has 8 nitrogen and oxygen atoms in total. The van der Waals surface area contributed by atoms with Crippen molar-refractivity contribution in [3.63, 3.8) is 0 Å². The van der Waals surface area contributed by atoms with E-state index in [1.807, 2.05) is 12.1 Å². The summed E-state index contributed by atoms with van der Waals surface area (Å²) in [5.74, 6) is 1.04. The van der Waals surface area contributed by atoms with E-state index in [2.05, 4.69) is 26.6 Å². The minimum atomic E-state index is -1.42. The van der Waals surface area contributed by atoms with Gasteiger partial charge in [-0.15, -0.1) is 0 Å². The number of para-hydroxylation sites is 1. The van der Waals surface area contributed by atoms with Crippen molar-refractivity contribution in [1.82, 2.24) is 19.4 Å². The molecule has 3 aliphatic heterocycles. The first-order valence-electron chi connectivity index (χ1n) is 14.6. The second-order valence-corrected chi connectivity index (χ2v) is 11.3. The SMILES string of the molecule is [2H][C@]1(c2ccc(Cl)cn2)C=Cc2cccc(C3CCN(Cc4nc5ccc(C(=O)O)cc5n4C[C@@H]4CCO4)CC3)c2O1. The summed E-state index contributed by atoms with van der Waals surface area (Å²) < 4.78 is 23.3. The molecule has 0 saturated carbocycles. The van der Waals surface area contributed by atoms with Crippen molar-refractivity contribution in [2.24, 2.45) is 0 Å². The van der Waals surface area contributed by atoms with Crippen molar-refractivity contribution >= 4 is 34.7 Å². The van der Waals surface area contributed by atoms with E-state index in [-0.39, 0.29) is 11.7 Å². The predicted molar refractivity (Wildman–Crippen MR) is 156 cm³/mol. The third-order valence-corrected chi connectivity index (χ3v) is 8.55. The van der Waals surface area contributed by atoms with E-state index in [0.717, 1.165) is 72.7 Å². The van der Waals surface area contributed by atoms with Crippen molar-refractivity contribution < 1.29 is 20.7 Å². The second kappa shape index (κ2) is 10.9. The Kier molecular flexibility index (Phi) is 6.67. The van der Waals surface area contributed by atoms with Gasteiger partial charge in [-0.3, -0.25) is 9.88 Å². The van der Waals surface area contributed by atoms with Gasteiger partial charge in [0.1, 0.15) is 11.6 Å². The number of imidazole rings is 1. The lowest BCUT2D eigenvalue weighted by Crippen LogP contribution is -2.35. The number of hydrogen-bond donors (Lipinski definition) is 1. The van der Waals surface area contributed by atoms with Crippen LogP contribution in [0.3, 0.4) is 0 Å². The second-order valence-electron chi connectivity index (χ2n) is 10.9. The van der Waals surface area contributed by atoms with Crippen LogP contribution in [0.4, 0.5) is 0 Å². The Morgan fingerprint density at radius 1 is 1.15 bits per heavy atom. The largest absolute Gasteiger partial charge is 0.479 e. The van der Waals surface area contributed by atoms with E-state index in [1.165, 1.54) is 0 Å². The highest BCUT2D eigenvalue weighted by Gasteiger charge is 2.29. The van der Waals surface area contributed by atoms with Crippen molar-refractivity contribution in [2.45, 2.75) is 50.5 Å². The molecule has 41 heavy (non-hydrogen) atoms. The molecule has 1 N–H and O–H groups in total. The minimum Gasteiger partial charge on any atom is -0.479 e. The number of aromatic carboxylic acids is 1. The van der Waals surface area contributed by atoms with Crippen LogP contribution in [0.2, 0.25) is 5.02 Å². The summed E-state index contributed by atoms with van der Waals surface area (Å²) >= 11 is 6.03. The molecule has 210 valence electrons. The van der Waals surface area contributed by atoms with Gasteiger partial charge in [0.2, 0.25) is 0 Å². The highest BCUT2D eigenvalue weighted by Crippen LogP contribution is 2.41. The number of pyridine rings is 1. The number of carboxylic acids is 1. The van der Waals surface area contributed by atoms with Crippen LogP contribution in [0.5, 0.6) is 5.75 Å². The number of piperidine rings is 1. The van der Waals surface area contributed by atoms with Crippen molar-refractivity contribution in [3.8, 4) is 5.75 Å². The van der Waals surface area contributed by atoms with Crippen LogP contribution in [0.25, 0.3) is 17.1 Å². The first-order valence-corrected chi connectivity index (χ1v) is 14.4. The van der Waals surface area contributed by atoms with Crippen LogP contribution in [0, 0.1) is 0 Å². The predicted octanol–water partition coefficient (Wildman–Crippen LogP) is 6.10. The molecule has 9 heteroatoms. The van der Waals surface area contributed by atoms with Gasteiger partial charge in [-0.2, -0.15) is 0 Å². The molecule has 7 rings (SSSR count). The average Bonchev–Trinajstić information content (AvgIpc) is 3.31. The molecule has 0 radical (unpaired) electrons. The Bertz CT molecular complexity index is 1680. The summed E-state index contributed by atoms with van der Waals surface area (Å²) in [6.07, 6.45) is 6.83. The van der Waals surface area contributed by atoms with Crippen LogP contribution in [-0.2, 0) is 17.8 Å². The third kappa shape index (κ3) is 5.23. The lowest BCUT2D eigenvalue weighted by Gasteiger charge is -2.34. The molecule has 3 aliphatic rings. The summed E-state index contributed by atoms with van der Waals surface area (Å²) in [7, 11) is 0. The molecular weight excluding hydrogens is 540 g/mol. The lowest BCUT2D eigenvalue weighted by atomic mass is 9.87. The molecule has 0 aliphatic carbocycles. The quantitative estimate of drug-likeness (QED) is 0.287. The van der Waals surface area contributed by atoms with E-state index in [0.29, 0.717) is 29.7 Å². The number of likely N-dealkylation sites (tertiary alicyclic amines) is 1. The zero-order valence-corrected chi connectivity index (χ0v) is 23.3. The molecule has 5 heterocycles. The fraction of sp³-hybridized carbons (Fsp3) is 0.344. The zero-order valence-electron chi connectivity index (χ0n) is 23.5.